The van der Waals surface area contributed by atoms with Crippen LogP contribution in [-0.2, 0) is 4.74 Å². The van der Waals surface area contributed by atoms with Crippen LogP contribution in [0.1, 0.15) is 17.3 Å². The second-order valence-electron chi connectivity index (χ2n) is 4.97. The van der Waals surface area contributed by atoms with E-state index in [1.54, 1.807) is 6.20 Å². The number of anilines is 1. The number of nitrogens with one attached hydrogen (secondary N) is 1. The van der Waals surface area contributed by atoms with E-state index in [-0.39, 0.29) is 17.7 Å². The van der Waals surface area contributed by atoms with Crippen LogP contribution in [0.15, 0.2) is 18.3 Å². The molecule has 0 bridgehead atoms. The van der Waals surface area contributed by atoms with Crippen LogP contribution in [0.3, 0.4) is 0 Å². The molecular formula is C14H21N3O2. The zero-order valence-corrected chi connectivity index (χ0v) is 11.7. The summed E-state index contributed by atoms with van der Waals surface area (Å²) in [5.74, 6) is 0.857. The predicted molar refractivity (Wildman–Crippen MR) is 74.7 cm³/mol. The summed E-state index contributed by atoms with van der Waals surface area (Å²) in [5, 5.41) is 3.30. The number of hydrogen-bond acceptors (Lipinski definition) is 5. The van der Waals surface area contributed by atoms with Crippen molar-refractivity contribution in [3.63, 3.8) is 0 Å². The molecule has 0 amide bonds. The lowest BCUT2D eigenvalue weighted by Gasteiger charge is -2.17. The number of nitrogens with zero attached hydrogens (tertiary/aromatic N) is 2. The fraction of sp³-hybridized carbons (Fsp3) is 0.571. The molecule has 0 aliphatic carbocycles. The Morgan fingerprint density at radius 1 is 1.47 bits per heavy atom. The molecule has 5 nitrogen and oxygen atoms in total. The van der Waals surface area contributed by atoms with Crippen LogP contribution < -0.4 is 10.2 Å². The molecule has 1 aromatic heterocycles. The maximum absolute atomic E-state index is 12.4. The average molecular weight is 263 g/mol. The maximum atomic E-state index is 12.4. The minimum Gasteiger partial charge on any atom is -0.379 e. The lowest BCUT2D eigenvalue weighted by atomic mass is 9.94. The van der Waals surface area contributed by atoms with E-state index in [2.05, 4.69) is 10.3 Å². The zero-order valence-electron chi connectivity index (χ0n) is 11.7. The summed E-state index contributed by atoms with van der Waals surface area (Å²) in [7, 11) is 3.85. The number of likely N-dealkylation sites (N-methyl/N-ethyl adjacent to an activating group) is 1. The second kappa shape index (κ2) is 6.12. The Bertz CT molecular complexity index is 431. The van der Waals surface area contributed by atoms with Crippen LogP contribution in [0.4, 0.5) is 5.82 Å². The Kier molecular flexibility index (Phi) is 4.50. The minimum atomic E-state index is -0.105. The SMILES string of the molecule is CCNC1COCC1C(=O)c1ccc(N(C)C)nc1. The Morgan fingerprint density at radius 3 is 2.84 bits per heavy atom. The maximum Gasteiger partial charge on any atom is 0.171 e. The molecule has 1 saturated heterocycles. The van der Waals surface area contributed by atoms with E-state index in [9.17, 15) is 4.79 Å². The summed E-state index contributed by atoms with van der Waals surface area (Å²) in [6.45, 7) is 3.97. The first-order valence-electron chi connectivity index (χ1n) is 6.62. The number of pyridine rings is 1. The molecule has 2 rings (SSSR count). The first-order chi connectivity index (χ1) is 9.13. The van der Waals surface area contributed by atoms with Gasteiger partial charge in [0, 0.05) is 31.9 Å². The van der Waals surface area contributed by atoms with Gasteiger partial charge in [0.15, 0.2) is 5.78 Å². The van der Waals surface area contributed by atoms with Crippen molar-refractivity contribution >= 4 is 11.6 Å². The smallest absolute Gasteiger partial charge is 0.171 e. The van der Waals surface area contributed by atoms with Gasteiger partial charge in [0.1, 0.15) is 5.82 Å². The average Bonchev–Trinajstić information content (AvgIpc) is 2.87. The highest BCUT2D eigenvalue weighted by atomic mass is 16.5. The number of carbonyl (C=O) groups is 1. The van der Waals surface area contributed by atoms with Crippen molar-refractivity contribution in [2.24, 2.45) is 5.92 Å². The summed E-state index contributed by atoms with van der Waals surface area (Å²) < 4.78 is 5.41. The molecule has 2 heterocycles. The summed E-state index contributed by atoms with van der Waals surface area (Å²) in [6, 6.07) is 3.82. The quantitative estimate of drug-likeness (QED) is 0.802. The van der Waals surface area contributed by atoms with E-state index in [1.165, 1.54) is 0 Å². The van der Waals surface area contributed by atoms with E-state index in [0.717, 1.165) is 12.4 Å². The van der Waals surface area contributed by atoms with Crippen LogP contribution in [0.2, 0.25) is 0 Å². The van der Waals surface area contributed by atoms with Crippen LogP contribution >= 0.6 is 0 Å². The Labute approximate surface area is 114 Å². The number of carbonyl (C=O) groups excluding carboxylic acids is 1. The molecule has 0 saturated carbocycles. The van der Waals surface area contributed by atoms with Gasteiger partial charge in [0.25, 0.3) is 0 Å². The third-order valence-corrected chi connectivity index (χ3v) is 3.37. The van der Waals surface area contributed by atoms with Crippen molar-refractivity contribution in [3.8, 4) is 0 Å². The van der Waals surface area contributed by atoms with Crippen molar-refractivity contribution in [1.29, 1.82) is 0 Å². The molecular weight excluding hydrogens is 242 g/mol. The molecule has 104 valence electrons. The Balaban J connectivity index is 2.10. The largest absolute Gasteiger partial charge is 0.379 e. The van der Waals surface area contributed by atoms with Crippen molar-refractivity contribution < 1.29 is 9.53 Å². The summed E-state index contributed by atoms with van der Waals surface area (Å²) in [6.07, 6.45) is 1.65. The van der Waals surface area contributed by atoms with Crippen molar-refractivity contribution in [3.05, 3.63) is 23.9 Å². The van der Waals surface area contributed by atoms with Gasteiger partial charge in [-0.25, -0.2) is 4.98 Å². The highest BCUT2D eigenvalue weighted by Crippen LogP contribution is 2.20. The molecule has 1 aliphatic rings. The molecule has 0 spiro atoms. The van der Waals surface area contributed by atoms with Gasteiger partial charge in [-0.3, -0.25) is 4.79 Å². The molecule has 5 heteroatoms. The normalized spacial score (nSPS) is 22.5. The monoisotopic (exact) mass is 263 g/mol. The van der Waals surface area contributed by atoms with E-state index in [1.807, 2.05) is 38.1 Å². The fourth-order valence-electron chi connectivity index (χ4n) is 2.29. The number of Topliss-reactive ketones (excluding diaryl/α,β-unsaturated/α-hetero) is 1. The summed E-state index contributed by atoms with van der Waals surface area (Å²) in [4.78, 5) is 18.6. The van der Waals surface area contributed by atoms with E-state index in [0.29, 0.717) is 18.8 Å². The molecule has 2 unspecified atom stereocenters. The van der Waals surface area contributed by atoms with Gasteiger partial charge in [-0.15, -0.1) is 0 Å². The Morgan fingerprint density at radius 2 is 2.26 bits per heavy atom. The lowest BCUT2D eigenvalue weighted by Crippen LogP contribution is -2.39. The number of aromatic nitrogens is 1. The molecule has 19 heavy (non-hydrogen) atoms. The lowest BCUT2D eigenvalue weighted by molar-refractivity contribution is 0.0891. The minimum absolute atomic E-state index is 0.105. The number of rotatable bonds is 5. The van der Waals surface area contributed by atoms with Gasteiger partial charge in [0.2, 0.25) is 0 Å². The predicted octanol–water partition coefficient (Wildman–Crippen LogP) is 0.955. The van der Waals surface area contributed by atoms with Crippen LogP contribution in [0, 0.1) is 5.92 Å². The summed E-state index contributed by atoms with van der Waals surface area (Å²) >= 11 is 0. The number of hydrogen-bond donors (Lipinski definition) is 1. The highest BCUT2D eigenvalue weighted by molar-refractivity contribution is 5.98. The first kappa shape index (κ1) is 14.0. The van der Waals surface area contributed by atoms with Crippen molar-refractivity contribution in [2.75, 3.05) is 38.8 Å². The third-order valence-electron chi connectivity index (χ3n) is 3.37. The molecule has 2 atom stereocenters. The first-order valence-corrected chi connectivity index (χ1v) is 6.62. The van der Waals surface area contributed by atoms with Gasteiger partial charge >= 0.3 is 0 Å². The third kappa shape index (κ3) is 3.11. The highest BCUT2D eigenvalue weighted by Gasteiger charge is 2.33. The second-order valence-corrected chi connectivity index (χ2v) is 4.97. The number of ketones is 1. The van der Waals surface area contributed by atoms with Crippen LogP contribution in [-0.4, -0.2) is 50.7 Å². The van der Waals surface area contributed by atoms with E-state index < -0.39 is 0 Å². The Hall–Kier alpha value is -1.46. The van der Waals surface area contributed by atoms with Crippen molar-refractivity contribution in [1.82, 2.24) is 10.3 Å². The molecule has 1 N–H and O–H groups in total. The molecule has 1 aromatic rings. The van der Waals surface area contributed by atoms with E-state index in [4.69, 9.17) is 4.74 Å². The number of ether oxygens (including phenoxy) is 1. The van der Waals surface area contributed by atoms with Gasteiger partial charge in [-0.2, -0.15) is 0 Å². The molecule has 0 radical (unpaired) electrons. The van der Waals surface area contributed by atoms with E-state index >= 15 is 0 Å². The molecule has 0 aromatic carbocycles. The zero-order chi connectivity index (χ0) is 13.8. The van der Waals surface area contributed by atoms with Gasteiger partial charge in [-0.05, 0) is 18.7 Å². The standard InChI is InChI=1S/C14H21N3O2/c1-4-15-12-9-19-8-11(12)14(18)10-5-6-13(16-7-10)17(2)3/h5-7,11-12,15H,4,8-9H2,1-3H3. The summed E-state index contributed by atoms with van der Waals surface area (Å²) in [5.41, 5.74) is 0.656. The molecule has 1 aliphatic heterocycles. The molecule has 1 fully saturated rings. The topological polar surface area (TPSA) is 54.5 Å². The van der Waals surface area contributed by atoms with Crippen LogP contribution in [0.5, 0.6) is 0 Å². The fourth-order valence-corrected chi connectivity index (χ4v) is 2.29. The van der Waals surface area contributed by atoms with Crippen molar-refractivity contribution in [2.45, 2.75) is 13.0 Å². The van der Waals surface area contributed by atoms with Gasteiger partial charge in [-0.1, -0.05) is 6.92 Å². The van der Waals surface area contributed by atoms with Gasteiger partial charge < -0.3 is 15.0 Å². The van der Waals surface area contributed by atoms with Crippen LogP contribution in [0.25, 0.3) is 0 Å². The van der Waals surface area contributed by atoms with Gasteiger partial charge in [0.05, 0.1) is 19.1 Å².